The van der Waals surface area contributed by atoms with Crippen LogP contribution < -0.4 is 16.4 Å². The number of carbonyl (C=O) groups excluding carboxylic acids is 3. The number of phosphoric ester groups is 3. The van der Waals surface area contributed by atoms with Crippen LogP contribution in [0.5, 0.6) is 0 Å². The van der Waals surface area contributed by atoms with Crippen molar-refractivity contribution in [2.45, 2.75) is 122 Å². The van der Waals surface area contributed by atoms with Gasteiger partial charge in [0.1, 0.15) is 36.3 Å². The Hall–Kier alpha value is -3.48. The smallest absolute Gasteiger partial charge is 0.386 e. The third kappa shape index (κ3) is 22.6. The van der Waals surface area contributed by atoms with E-state index >= 15 is 0 Å². The summed E-state index contributed by atoms with van der Waals surface area (Å²) in [6.07, 6.45) is 19.6. The third-order valence-corrected chi connectivity index (χ3v) is 14.0. The van der Waals surface area contributed by atoms with Crippen molar-refractivity contribution in [3.05, 3.63) is 61.3 Å². The number of nitrogens with one attached hydrogen (secondary N) is 2. The van der Waals surface area contributed by atoms with Gasteiger partial charge in [-0.1, -0.05) is 94.0 Å². The second kappa shape index (κ2) is 29.8. The van der Waals surface area contributed by atoms with Crippen LogP contribution in [0.4, 0.5) is 5.82 Å². The van der Waals surface area contributed by atoms with Gasteiger partial charge in [-0.3, -0.25) is 32.5 Å². The average molecular weight is 1050 g/mol. The van der Waals surface area contributed by atoms with Gasteiger partial charge in [-0.15, -0.1) is 0 Å². The summed E-state index contributed by atoms with van der Waals surface area (Å²) in [5.41, 5.74) is 4.28. The molecule has 1 aliphatic heterocycles. The van der Waals surface area contributed by atoms with E-state index < -0.39 is 84.6 Å². The molecule has 1 fully saturated rings. The van der Waals surface area contributed by atoms with E-state index in [1.165, 1.54) is 13.8 Å². The van der Waals surface area contributed by atoms with Crippen LogP contribution in [0.3, 0.4) is 0 Å². The average Bonchev–Trinajstić information content (AvgIpc) is 3.84. The van der Waals surface area contributed by atoms with Crippen LogP contribution in [0.25, 0.3) is 11.2 Å². The number of fused-ring (bicyclic) bond motifs is 1. The van der Waals surface area contributed by atoms with Gasteiger partial charge >= 0.3 is 23.5 Å². The predicted molar refractivity (Wildman–Crippen MR) is 256 cm³/mol. The van der Waals surface area contributed by atoms with Gasteiger partial charge in [0.2, 0.25) is 11.8 Å². The Kier molecular flexibility index (Phi) is 25.8. The number of hydrogen-bond acceptors (Lipinski definition) is 18. The van der Waals surface area contributed by atoms with Crippen molar-refractivity contribution in [3.63, 3.8) is 0 Å². The zero-order chi connectivity index (χ0) is 51.1. The fraction of sp³-hybridized carbons (Fsp3) is 0.610. The van der Waals surface area contributed by atoms with Crippen LogP contribution in [0.2, 0.25) is 0 Å². The highest BCUT2D eigenvalue weighted by molar-refractivity contribution is 8.13. The zero-order valence-electron chi connectivity index (χ0n) is 38.8. The van der Waals surface area contributed by atoms with Crippen molar-refractivity contribution >= 4 is 69.1 Å². The number of aliphatic hydroxyl groups is 2. The fourth-order valence-corrected chi connectivity index (χ4v) is 9.90. The summed E-state index contributed by atoms with van der Waals surface area (Å²) in [5, 5.41) is 26.6. The number of anilines is 1. The highest BCUT2D eigenvalue weighted by atomic mass is 32.2. The van der Waals surface area contributed by atoms with Gasteiger partial charge in [-0.05, 0) is 44.9 Å². The molecule has 0 spiro atoms. The van der Waals surface area contributed by atoms with Gasteiger partial charge in [0.05, 0.1) is 19.5 Å². The lowest BCUT2D eigenvalue weighted by molar-refractivity contribution is -0.137. The summed E-state index contributed by atoms with van der Waals surface area (Å²) in [5.74, 6) is -1.06. The number of aromatic nitrogens is 4. The highest BCUT2D eigenvalue weighted by Gasteiger charge is 2.50. The lowest BCUT2D eigenvalue weighted by Crippen LogP contribution is -2.46. The largest absolute Gasteiger partial charge is 0.481 e. The molecule has 24 nitrogen and oxygen atoms in total. The number of aliphatic hydroxyl groups excluding tert-OH is 2. The Balaban J connectivity index is 1.29. The summed E-state index contributed by atoms with van der Waals surface area (Å²) in [6.45, 7) is 2.65. The molecule has 1 aliphatic rings. The maximum absolute atomic E-state index is 12.7. The number of allylic oxidation sites excluding steroid dienone is 8. The number of phosphoric acid groups is 3. The first-order valence-corrected chi connectivity index (χ1v) is 27.7. The number of amides is 2. The fourth-order valence-electron chi connectivity index (χ4n) is 6.35. The third-order valence-electron chi connectivity index (χ3n) is 9.99. The van der Waals surface area contributed by atoms with E-state index in [0.717, 1.165) is 86.8 Å². The molecule has 10 N–H and O–H groups in total. The van der Waals surface area contributed by atoms with Gasteiger partial charge in [0.15, 0.2) is 22.8 Å². The first kappa shape index (κ1) is 59.8. The summed E-state index contributed by atoms with van der Waals surface area (Å²) in [4.78, 5) is 88.4. The van der Waals surface area contributed by atoms with Crippen molar-refractivity contribution in [2.75, 3.05) is 37.8 Å². The standard InChI is InChI=1S/C41H66N7O17P3S/c1-4-5-6-7-8-9-10-11-12-13-14-15-16-17-18-19-20-21-32(50)69-25-24-43-31(49)22-23-44-39(53)36(52)41(2,3)27-62-68(59,60)65-67(57,58)61-26-30-35(64-66(54,55)56)34(51)40(63-30)48-29-47-33-37(42)45-28-46-38(33)48/h5-6,8-9,11-12,14-15,28-30,34-36,40,51-52H,4,7,10,13,16-27H2,1-3H3,(H,43,49)(H,44,53)(H,57,58)(H,59,60)(H2,42,45,46)(H2,54,55,56)/b6-5+,9-8+,12-11+,15-14+. The number of rotatable bonds is 33. The maximum atomic E-state index is 12.7. The molecule has 2 amide bonds. The van der Waals surface area contributed by atoms with E-state index in [1.54, 1.807) is 0 Å². The number of nitrogens with two attached hydrogens (primary N) is 1. The molecule has 0 bridgehead atoms. The van der Waals surface area contributed by atoms with Crippen LogP contribution >= 0.6 is 35.2 Å². The zero-order valence-corrected chi connectivity index (χ0v) is 42.3. The Morgan fingerprint density at radius 3 is 2.19 bits per heavy atom. The minimum atomic E-state index is -5.58. The highest BCUT2D eigenvalue weighted by Crippen LogP contribution is 2.61. The van der Waals surface area contributed by atoms with Crippen molar-refractivity contribution in [1.29, 1.82) is 0 Å². The molecular formula is C41H66N7O17P3S. The van der Waals surface area contributed by atoms with E-state index in [0.29, 0.717) is 12.2 Å². The number of hydrogen-bond donors (Lipinski definition) is 9. The number of nitrogens with zero attached hydrogens (tertiary/aromatic N) is 4. The van der Waals surface area contributed by atoms with Gasteiger partial charge < -0.3 is 50.9 Å². The molecule has 28 heteroatoms. The van der Waals surface area contributed by atoms with E-state index in [-0.39, 0.29) is 41.6 Å². The summed E-state index contributed by atoms with van der Waals surface area (Å²) in [6, 6.07) is 0. The minimum absolute atomic E-state index is 0.0310. The number of nitrogen functional groups attached to an aromatic ring is 1. The van der Waals surface area contributed by atoms with Gasteiger partial charge in [0.25, 0.3) is 0 Å². The SMILES string of the molecule is CC/C=C/C/C=C/C/C=C/C/C=C/CCCCCCC(=O)SCCNC(=O)CCNC(=O)C(O)C(C)(C)COP(=O)(O)OP(=O)(O)OCC1OC(n2cnc3c(N)ncnc32)C(O)C1OP(=O)(O)O. The van der Waals surface area contributed by atoms with Crippen LogP contribution in [-0.2, 0) is 50.7 Å². The van der Waals surface area contributed by atoms with Crippen LogP contribution in [0.1, 0.15) is 97.6 Å². The maximum Gasteiger partial charge on any atom is 0.481 e. The molecule has 1 saturated heterocycles. The van der Waals surface area contributed by atoms with E-state index in [1.807, 2.05) is 0 Å². The van der Waals surface area contributed by atoms with Crippen molar-refractivity contribution < 1.29 is 80.5 Å². The van der Waals surface area contributed by atoms with Gasteiger partial charge in [-0.25, -0.2) is 28.6 Å². The number of ether oxygens (including phenoxy) is 1. The van der Waals surface area contributed by atoms with E-state index in [4.69, 9.17) is 19.5 Å². The molecule has 0 radical (unpaired) electrons. The number of thioether (sulfide) groups is 1. The Morgan fingerprint density at radius 2 is 1.52 bits per heavy atom. The summed E-state index contributed by atoms with van der Waals surface area (Å²) in [7, 11) is -16.4. The first-order valence-electron chi connectivity index (χ1n) is 22.2. The topological polar surface area (TPSA) is 364 Å². The van der Waals surface area contributed by atoms with Crippen molar-refractivity contribution in [1.82, 2.24) is 30.2 Å². The predicted octanol–water partition coefficient (Wildman–Crippen LogP) is 4.81. The van der Waals surface area contributed by atoms with Crippen molar-refractivity contribution in [2.24, 2.45) is 5.41 Å². The molecule has 69 heavy (non-hydrogen) atoms. The Morgan fingerprint density at radius 1 is 0.884 bits per heavy atom. The minimum Gasteiger partial charge on any atom is -0.386 e. The van der Waals surface area contributed by atoms with E-state index in [9.17, 15) is 57.9 Å². The summed E-state index contributed by atoms with van der Waals surface area (Å²) < 4.78 is 62.4. The molecule has 3 heterocycles. The molecule has 0 saturated carbocycles. The molecule has 2 aromatic rings. The number of unbranched alkanes of at least 4 members (excludes halogenated alkanes) is 4. The summed E-state index contributed by atoms with van der Waals surface area (Å²) >= 11 is 1.13. The quantitative estimate of drug-likeness (QED) is 0.0263. The second-order valence-electron chi connectivity index (χ2n) is 16.2. The lowest BCUT2D eigenvalue weighted by Gasteiger charge is -2.30. The monoisotopic (exact) mass is 1050 g/mol. The van der Waals surface area contributed by atoms with Crippen LogP contribution in [0, 0.1) is 5.41 Å². The van der Waals surface area contributed by atoms with Gasteiger partial charge in [-0.2, -0.15) is 4.31 Å². The van der Waals surface area contributed by atoms with Crippen LogP contribution in [0.15, 0.2) is 61.3 Å². The first-order chi connectivity index (χ1) is 32.6. The number of imidazole rings is 1. The lowest BCUT2D eigenvalue weighted by atomic mass is 9.87. The molecular weight excluding hydrogens is 987 g/mol. The Labute approximate surface area is 405 Å². The normalized spacial score (nSPS) is 20.3. The number of carbonyl (C=O) groups is 3. The second-order valence-corrected chi connectivity index (χ2v) is 21.6. The van der Waals surface area contributed by atoms with E-state index in [2.05, 4.69) is 90.0 Å². The molecule has 2 aromatic heterocycles. The molecule has 0 aliphatic carbocycles. The molecule has 388 valence electrons. The molecule has 3 rings (SSSR count). The van der Waals surface area contributed by atoms with Crippen LogP contribution in [-0.4, -0.2) is 123 Å². The molecule has 7 unspecified atom stereocenters. The van der Waals surface area contributed by atoms with Gasteiger partial charge in [0, 0.05) is 37.1 Å². The molecule has 0 aromatic carbocycles. The van der Waals surface area contributed by atoms with Crippen molar-refractivity contribution in [3.8, 4) is 0 Å². The molecule has 7 atom stereocenters. The Bertz CT molecular complexity index is 2220.